The zero-order valence-corrected chi connectivity index (χ0v) is 13.8. The molecule has 0 aromatic heterocycles. The first-order valence-corrected chi connectivity index (χ1v) is 8.85. The standard InChI is InChI=1S/C15H20N2O5S/c1-9(2)13(15(19)20)16-14(18)10-4-3-5-12(8-10)23(21,22)17-11-6-7-11/h3-5,8-9,11,13,17H,6-7H2,1-2H3,(H,16,18)(H,19,20)/t13-/m1/s1. The van der Waals surface area contributed by atoms with E-state index >= 15 is 0 Å². The number of carbonyl (C=O) groups excluding carboxylic acids is 1. The van der Waals surface area contributed by atoms with Gasteiger partial charge in [0, 0.05) is 11.6 Å². The van der Waals surface area contributed by atoms with Crippen LogP contribution in [-0.2, 0) is 14.8 Å². The van der Waals surface area contributed by atoms with E-state index in [0.717, 1.165) is 12.8 Å². The highest BCUT2D eigenvalue weighted by molar-refractivity contribution is 7.89. The molecule has 1 fully saturated rings. The molecule has 1 saturated carbocycles. The van der Waals surface area contributed by atoms with Gasteiger partial charge in [0.05, 0.1) is 4.90 Å². The second-order valence-corrected chi connectivity index (χ2v) is 7.67. The highest BCUT2D eigenvalue weighted by Gasteiger charge is 2.29. The highest BCUT2D eigenvalue weighted by Crippen LogP contribution is 2.22. The number of amides is 1. The lowest BCUT2D eigenvalue weighted by Gasteiger charge is -2.18. The summed E-state index contributed by atoms with van der Waals surface area (Å²) in [5.41, 5.74) is 0.107. The van der Waals surface area contributed by atoms with E-state index in [4.69, 9.17) is 5.11 Å². The van der Waals surface area contributed by atoms with Crippen LogP contribution in [0.3, 0.4) is 0 Å². The Labute approximate surface area is 135 Å². The van der Waals surface area contributed by atoms with Gasteiger partial charge in [-0.2, -0.15) is 0 Å². The van der Waals surface area contributed by atoms with E-state index in [-0.39, 0.29) is 22.4 Å². The molecule has 0 unspecified atom stereocenters. The molecule has 1 atom stereocenters. The molecule has 0 heterocycles. The molecule has 8 heteroatoms. The molecule has 0 aliphatic heterocycles. The Kier molecular flexibility index (Phi) is 5.06. The van der Waals surface area contributed by atoms with Crippen molar-refractivity contribution in [3.63, 3.8) is 0 Å². The van der Waals surface area contributed by atoms with Crippen LogP contribution >= 0.6 is 0 Å². The van der Waals surface area contributed by atoms with Crippen LogP contribution < -0.4 is 10.0 Å². The minimum atomic E-state index is -3.66. The zero-order valence-electron chi connectivity index (χ0n) is 12.9. The fourth-order valence-electron chi connectivity index (χ4n) is 2.03. The van der Waals surface area contributed by atoms with Crippen molar-refractivity contribution in [3.05, 3.63) is 29.8 Å². The van der Waals surface area contributed by atoms with E-state index in [2.05, 4.69) is 10.0 Å². The molecule has 1 aromatic carbocycles. The van der Waals surface area contributed by atoms with Gasteiger partial charge in [0.25, 0.3) is 5.91 Å². The molecule has 0 saturated heterocycles. The summed E-state index contributed by atoms with van der Waals surface area (Å²) in [7, 11) is -3.66. The monoisotopic (exact) mass is 340 g/mol. The molecule has 3 N–H and O–H groups in total. The Balaban J connectivity index is 2.18. The van der Waals surface area contributed by atoms with Crippen molar-refractivity contribution >= 4 is 21.9 Å². The average molecular weight is 340 g/mol. The largest absolute Gasteiger partial charge is 0.480 e. The number of hydrogen-bond donors (Lipinski definition) is 3. The number of benzene rings is 1. The minimum absolute atomic E-state index is 0.00604. The molecule has 23 heavy (non-hydrogen) atoms. The summed E-state index contributed by atoms with van der Waals surface area (Å²) in [6, 6.07) is 4.49. The summed E-state index contributed by atoms with van der Waals surface area (Å²) >= 11 is 0. The molecule has 1 amide bonds. The van der Waals surface area contributed by atoms with Crippen molar-refractivity contribution in [3.8, 4) is 0 Å². The molecule has 0 spiro atoms. The predicted molar refractivity (Wildman–Crippen MR) is 83.5 cm³/mol. The maximum atomic E-state index is 12.2. The minimum Gasteiger partial charge on any atom is -0.480 e. The van der Waals surface area contributed by atoms with Crippen LogP contribution in [-0.4, -0.2) is 37.5 Å². The quantitative estimate of drug-likeness (QED) is 0.684. The van der Waals surface area contributed by atoms with Gasteiger partial charge in [-0.05, 0) is 37.0 Å². The second kappa shape index (κ2) is 6.67. The normalized spacial score (nSPS) is 16.1. The number of sulfonamides is 1. The van der Waals surface area contributed by atoms with Crippen molar-refractivity contribution in [1.82, 2.24) is 10.0 Å². The van der Waals surface area contributed by atoms with Crippen LogP contribution in [0.5, 0.6) is 0 Å². The molecule has 7 nitrogen and oxygen atoms in total. The van der Waals surface area contributed by atoms with Crippen molar-refractivity contribution < 1.29 is 23.1 Å². The molecule has 0 radical (unpaired) electrons. The molecular formula is C15H20N2O5S. The maximum Gasteiger partial charge on any atom is 0.326 e. The van der Waals surface area contributed by atoms with E-state index in [9.17, 15) is 18.0 Å². The fraction of sp³-hybridized carbons (Fsp3) is 0.467. The van der Waals surface area contributed by atoms with E-state index < -0.39 is 27.9 Å². The van der Waals surface area contributed by atoms with Gasteiger partial charge in [0.2, 0.25) is 10.0 Å². The Morgan fingerprint density at radius 1 is 1.26 bits per heavy atom. The Morgan fingerprint density at radius 3 is 2.43 bits per heavy atom. The summed E-state index contributed by atoms with van der Waals surface area (Å²) in [5.74, 6) is -2.04. The number of carboxylic acids is 1. The Morgan fingerprint density at radius 2 is 1.91 bits per heavy atom. The molecule has 126 valence electrons. The average Bonchev–Trinajstić information content (AvgIpc) is 3.27. The third-order valence-corrected chi connectivity index (χ3v) is 5.04. The lowest BCUT2D eigenvalue weighted by atomic mass is 10.0. The van der Waals surface area contributed by atoms with E-state index in [1.54, 1.807) is 13.8 Å². The van der Waals surface area contributed by atoms with Crippen molar-refractivity contribution in [2.75, 3.05) is 0 Å². The van der Waals surface area contributed by atoms with Crippen LogP contribution in [0.15, 0.2) is 29.2 Å². The summed E-state index contributed by atoms with van der Waals surface area (Å²) in [4.78, 5) is 23.3. The maximum absolute atomic E-state index is 12.2. The van der Waals surface area contributed by atoms with Gasteiger partial charge in [0.15, 0.2) is 0 Å². The molecule has 2 rings (SSSR count). The van der Waals surface area contributed by atoms with Crippen molar-refractivity contribution in [2.24, 2.45) is 5.92 Å². The summed E-state index contributed by atoms with van der Waals surface area (Å²) < 4.78 is 26.9. The third kappa shape index (κ3) is 4.52. The smallest absolute Gasteiger partial charge is 0.326 e. The third-order valence-electron chi connectivity index (χ3n) is 3.53. The van der Waals surface area contributed by atoms with Crippen LogP contribution in [0.1, 0.15) is 37.0 Å². The van der Waals surface area contributed by atoms with E-state index in [0.29, 0.717) is 0 Å². The van der Waals surface area contributed by atoms with Gasteiger partial charge in [-0.15, -0.1) is 0 Å². The van der Waals surface area contributed by atoms with Crippen LogP contribution in [0.25, 0.3) is 0 Å². The molecule has 0 bridgehead atoms. The summed E-state index contributed by atoms with van der Waals surface area (Å²) in [6.07, 6.45) is 1.63. The zero-order chi connectivity index (χ0) is 17.2. The van der Waals surface area contributed by atoms with Gasteiger partial charge in [0.1, 0.15) is 6.04 Å². The SMILES string of the molecule is CC(C)[C@@H](NC(=O)c1cccc(S(=O)(=O)NC2CC2)c1)C(=O)O. The number of hydrogen-bond acceptors (Lipinski definition) is 4. The number of carbonyl (C=O) groups is 2. The number of rotatable bonds is 7. The Bertz CT molecular complexity index is 710. The first kappa shape index (κ1) is 17.4. The van der Waals surface area contributed by atoms with Gasteiger partial charge >= 0.3 is 5.97 Å². The predicted octanol–water partition coefficient (Wildman–Crippen LogP) is 0.966. The van der Waals surface area contributed by atoms with Crippen LogP contribution in [0, 0.1) is 5.92 Å². The summed E-state index contributed by atoms with van der Waals surface area (Å²) in [5, 5.41) is 11.5. The fourth-order valence-corrected chi connectivity index (χ4v) is 3.38. The van der Waals surface area contributed by atoms with Crippen molar-refractivity contribution in [2.45, 2.75) is 43.7 Å². The number of nitrogens with one attached hydrogen (secondary N) is 2. The highest BCUT2D eigenvalue weighted by atomic mass is 32.2. The van der Waals surface area contributed by atoms with Gasteiger partial charge in [-0.1, -0.05) is 19.9 Å². The lowest BCUT2D eigenvalue weighted by molar-refractivity contribution is -0.140. The molecular weight excluding hydrogens is 320 g/mol. The van der Waals surface area contributed by atoms with Gasteiger partial charge in [-0.25, -0.2) is 17.9 Å². The molecule has 1 aromatic rings. The van der Waals surface area contributed by atoms with Gasteiger partial charge in [-0.3, -0.25) is 4.79 Å². The lowest BCUT2D eigenvalue weighted by Crippen LogP contribution is -2.44. The number of carboxylic acid groups (broad SMARTS) is 1. The summed E-state index contributed by atoms with van der Waals surface area (Å²) in [6.45, 7) is 3.36. The second-order valence-electron chi connectivity index (χ2n) is 5.96. The first-order chi connectivity index (χ1) is 10.7. The first-order valence-electron chi connectivity index (χ1n) is 7.37. The van der Waals surface area contributed by atoms with E-state index in [1.165, 1.54) is 24.3 Å². The van der Waals surface area contributed by atoms with Crippen LogP contribution in [0.2, 0.25) is 0 Å². The molecule has 1 aliphatic rings. The van der Waals surface area contributed by atoms with E-state index in [1.807, 2.05) is 0 Å². The topological polar surface area (TPSA) is 113 Å². The van der Waals surface area contributed by atoms with Crippen LogP contribution in [0.4, 0.5) is 0 Å². The van der Waals surface area contributed by atoms with Gasteiger partial charge < -0.3 is 10.4 Å². The van der Waals surface area contributed by atoms with Crippen molar-refractivity contribution in [1.29, 1.82) is 0 Å². The molecule has 1 aliphatic carbocycles. The number of aliphatic carboxylic acids is 1. The Hall–Kier alpha value is -1.93.